The molecule has 0 heterocycles. The summed E-state index contributed by atoms with van der Waals surface area (Å²) in [6, 6.07) is 7.29. The lowest BCUT2D eigenvalue weighted by Gasteiger charge is -2.21. The molecule has 0 spiro atoms. The Kier molecular flexibility index (Phi) is 5.68. The van der Waals surface area contributed by atoms with Crippen LogP contribution in [0.3, 0.4) is 0 Å². The quantitative estimate of drug-likeness (QED) is 0.602. The van der Waals surface area contributed by atoms with E-state index in [0.29, 0.717) is 5.02 Å². The fourth-order valence-electron chi connectivity index (χ4n) is 2.14. The van der Waals surface area contributed by atoms with Gasteiger partial charge in [0.05, 0.1) is 0 Å². The lowest BCUT2D eigenvalue weighted by atomic mass is 10.1. The van der Waals surface area contributed by atoms with E-state index in [9.17, 15) is 24.6 Å². The Morgan fingerprint density at radius 2 is 1.69 bits per heavy atom. The van der Waals surface area contributed by atoms with E-state index in [-0.39, 0.29) is 11.1 Å². The molecule has 0 radical (unpaired) electrons. The van der Waals surface area contributed by atoms with Gasteiger partial charge < -0.3 is 21.3 Å². The molecule has 0 aromatic heterocycles. The molecule has 0 aliphatic heterocycles. The number of hydrogen-bond donors (Lipinski definition) is 4. The maximum absolute atomic E-state index is 12.3. The summed E-state index contributed by atoms with van der Waals surface area (Å²) in [5.74, 6) is -2.39. The number of phenols is 2. The number of aromatic hydroxyl groups is 2. The summed E-state index contributed by atoms with van der Waals surface area (Å²) in [4.78, 5) is 37.1. The maximum atomic E-state index is 12.3. The number of urea groups is 1. The van der Waals surface area contributed by atoms with Gasteiger partial charge in [0, 0.05) is 17.6 Å². The van der Waals surface area contributed by atoms with E-state index in [0.717, 1.165) is 17.0 Å². The van der Waals surface area contributed by atoms with Crippen LogP contribution in [-0.4, -0.2) is 40.0 Å². The fourth-order valence-corrected chi connectivity index (χ4v) is 2.26. The van der Waals surface area contributed by atoms with E-state index >= 15 is 0 Å². The number of halogens is 1. The minimum atomic E-state index is -1.31. The normalized spacial score (nSPS) is 11.5. The minimum Gasteiger partial charge on any atom is -0.504 e. The van der Waals surface area contributed by atoms with Crippen molar-refractivity contribution in [1.29, 1.82) is 0 Å². The lowest BCUT2D eigenvalue weighted by Crippen LogP contribution is -2.46. The zero-order valence-electron chi connectivity index (χ0n) is 13.6. The van der Waals surface area contributed by atoms with E-state index in [2.05, 4.69) is 5.32 Å². The Bertz CT molecular complexity index is 854. The first kappa shape index (κ1) is 19.1. The van der Waals surface area contributed by atoms with Crippen molar-refractivity contribution in [2.24, 2.45) is 5.73 Å². The number of phenolic OH excluding ortho intramolecular Hbond substituents is 2. The Morgan fingerprint density at radius 1 is 1.08 bits per heavy atom. The standard InChI is InChI=1S/C17H16ClN3O5/c1-21(16(25)9-2-5-11(18)6-3-9)17(26)20-14(15(19)24)10-4-7-12(22)13(23)8-10/h2-8,14,22-23H,1H3,(H2,19,24)(H,20,26). The van der Waals surface area contributed by atoms with Gasteiger partial charge in [-0.2, -0.15) is 0 Å². The van der Waals surface area contributed by atoms with Gasteiger partial charge in [0.15, 0.2) is 11.5 Å². The molecule has 1 atom stereocenters. The highest BCUT2D eigenvalue weighted by molar-refractivity contribution is 6.30. The van der Waals surface area contributed by atoms with Crippen molar-refractivity contribution in [2.75, 3.05) is 7.05 Å². The summed E-state index contributed by atoms with van der Waals surface area (Å²) in [6.07, 6.45) is 0. The molecule has 0 aliphatic carbocycles. The minimum absolute atomic E-state index is 0.147. The first-order valence-corrected chi connectivity index (χ1v) is 7.74. The summed E-state index contributed by atoms with van der Waals surface area (Å²) in [5.41, 5.74) is 5.67. The van der Waals surface area contributed by atoms with Crippen LogP contribution < -0.4 is 11.1 Å². The molecule has 0 fully saturated rings. The highest BCUT2D eigenvalue weighted by atomic mass is 35.5. The van der Waals surface area contributed by atoms with E-state index in [1.807, 2.05) is 0 Å². The second-order valence-electron chi connectivity index (χ2n) is 5.40. The van der Waals surface area contributed by atoms with Gasteiger partial charge in [-0.15, -0.1) is 0 Å². The number of nitrogens with one attached hydrogen (secondary N) is 1. The van der Waals surface area contributed by atoms with Crippen LogP contribution in [0.15, 0.2) is 42.5 Å². The SMILES string of the molecule is CN(C(=O)NC(C(N)=O)c1ccc(O)c(O)c1)C(=O)c1ccc(Cl)cc1. The average molecular weight is 378 g/mol. The number of rotatable bonds is 4. The van der Waals surface area contributed by atoms with Gasteiger partial charge in [0.1, 0.15) is 6.04 Å². The smallest absolute Gasteiger partial charge is 0.325 e. The molecule has 0 bridgehead atoms. The summed E-state index contributed by atoms with van der Waals surface area (Å²) < 4.78 is 0. The van der Waals surface area contributed by atoms with Crippen molar-refractivity contribution in [3.05, 3.63) is 58.6 Å². The van der Waals surface area contributed by atoms with Gasteiger partial charge in [-0.25, -0.2) is 4.79 Å². The predicted molar refractivity (Wildman–Crippen MR) is 93.8 cm³/mol. The van der Waals surface area contributed by atoms with Crippen molar-refractivity contribution < 1.29 is 24.6 Å². The summed E-state index contributed by atoms with van der Waals surface area (Å²) in [7, 11) is 1.23. The van der Waals surface area contributed by atoms with Crippen LogP contribution in [0.25, 0.3) is 0 Å². The number of benzene rings is 2. The van der Waals surface area contributed by atoms with E-state index in [1.54, 1.807) is 0 Å². The third-order valence-corrected chi connectivity index (χ3v) is 3.84. The molecule has 0 aliphatic rings. The molecule has 0 saturated heterocycles. The zero-order chi connectivity index (χ0) is 19.4. The molecular weight excluding hydrogens is 362 g/mol. The third kappa shape index (κ3) is 4.22. The zero-order valence-corrected chi connectivity index (χ0v) is 14.4. The fraction of sp³-hybridized carbons (Fsp3) is 0.118. The van der Waals surface area contributed by atoms with Crippen LogP contribution in [0.2, 0.25) is 5.02 Å². The summed E-state index contributed by atoms with van der Waals surface area (Å²) >= 11 is 5.76. The Hall–Kier alpha value is -3.26. The number of amides is 4. The molecule has 2 rings (SSSR count). The summed E-state index contributed by atoms with van der Waals surface area (Å²) in [6.45, 7) is 0. The second kappa shape index (κ2) is 7.75. The van der Waals surface area contributed by atoms with Gasteiger partial charge in [-0.1, -0.05) is 17.7 Å². The molecule has 5 N–H and O–H groups in total. The monoisotopic (exact) mass is 377 g/mol. The van der Waals surface area contributed by atoms with Crippen LogP contribution >= 0.6 is 11.6 Å². The van der Waals surface area contributed by atoms with Gasteiger partial charge in [-0.3, -0.25) is 14.5 Å². The second-order valence-corrected chi connectivity index (χ2v) is 5.84. The molecule has 2 aromatic carbocycles. The van der Waals surface area contributed by atoms with Crippen molar-refractivity contribution >= 4 is 29.4 Å². The van der Waals surface area contributed by atoms with E-state index < -0.39 is 35.4 Å². The topological polar surface area (TPSA) is 133 Å². The van der Waals surface area contributed by atoms with Crippen LogP contribution in [0.5, 0.6) is 11.5 Å². The Balaban J connectivity index is 2.18. The van der Waals surface area contributed by atoms with Crippen molar-refractivity contribution in [3.63, 3.8) is 0 Å². The molecule has 1 unspecified atom stereocenters. The molecular formula is C17H16ClN3O5. The van der Waals surface area contributed by atoms with Gasteiger partial charge in [0.2, 0.25) is 5.91 Å². The van der Waals surface area contributed by atoms with Gasteiger partial charge in [-0.05, 0) is 42.0 Å². The van der Waals surface area contributed by atoms with Crippen molar-refractivity contribution in [1.82, 2.24) is 10.2 Å². The first-order chi connectivity index (χ1) is 12.2. The lowest BCUT2D eigenvalue weighted by molar-refractivity contribution is -0.120. The van der Waals surface area contributed by atoms with Crippen molar-refractivity contribution in [2.45, 2.75) is 6.04 Å². The number of nitrogens with two attached hydrogens (primary N) is 1. The van der Waals surface area contributed by atoms with Crippen LogP contribution in [0.4, 0.5) is 4.79 Å². The van der Waals surface area contributed by atoms with Gasteiger partial charge in [0.25, 0.3) is 5.91 Å². The van der Waals surface area contributed by atoms with Crippen LogP contribution in [-0.2, 0) is 4.79 Å². The highest BCUT2D eigenvalue weighted by Crippen LogP contribution is 2.27. The van der Waals surface area contributed by atoms with Crippen molar-refractivity contribution in [3.8, 4) is 11.5 Å². The maximum Gasteiger partial charge on any atom is 0.325 e. The predicted octanol–water partition coefficient (Wildman–Crippen LogP) is 1.76. The van der Waals surface area contributed by atoms with E-state index in [4.69, 9.17) is 17.3 Å². The highest BCUT2D eigenvalue weighted by Gasteiger charge is 2.26. The number of primary amides is 1. The Morgan fingerprint density at radius 3 is 2.23 bits per heavy atom. The van der Waals surface area contributed by atoms with E-state index in [1.165, 1.54) is 37.4 Å². The largest absolute Gasteiger partial charge is 0.504 e. The molecule has 2 aromatic rings. The van der Waals surface area contributed by atoms with Gasteiger partial charge >= 0.3 is 6.03 Å². The third-order valence-electron chi connectivity index (χ3n) is 3.59. The number of nitrogens with zero attached hydrogens (tertiary/aromatic N) is 1. The first-order valence-electron chi connectivity index (χ1n) is 7.36. The van der Waals surface area contributed by atoms with Crippen LogP contribution in [0.1, 0.15) is 22.0 Å². The molecule has 9 heteroatoms. The Labute approximate surface area is 153 Å². The molecule has 8 nitrogen and oxygen atoms in total. The number of hydrogen-bond acceptors (Lipinski definition) is 5. The number of carbonyl (C=O) groups excluding carboxylic acids is 3. The number of imide groups is 1. The average Bonchev–Trinajstić information content (AvgIpc) is 2.61. The molecule has 0 saturated carbocycles. The van der Waals surface area contributed by atoms with Crippen LogP contribution in [0, 0.1) is 0 Å². The molecule has 4 amide bonds. The molecule has 26 heavy (non-hydrogen) atoms. The molecule has 136 valence electrons. The summed E-state index contributed by atoms with van der Waals surface area (Å²) in [5, 5.41) is 21.6. The number of carbonyl (C=O) groups is 3.